The highest BCUT2D eigenvalue weighted by Crippen LogP contribution is 2.11. The first-order chi connectivity index (χ1) is 9.45. The molecule has 9 nitrogen and oxygen atoms in total. The Labute approximate surface area is 114 Å². The Kier molecular flexibility index (Phi) is 5.42. The highest BCUT2D eigenvalue weighted by molar-refractivity contribution is 5.82. The van der Waals surface area contributed by atoms with Crippen LogP contribution in [0.5, 0.6) is 0 Å². The highest BCUT2D eigenvalue weighted by Gasteiger charge is 2.20. The van der Waals surface area contributed by atoms with Gasteiger partial charge in [-0.1, -0.05) is 19.0 Å². The molecule has 1 aromatic rings. The second-order valence-corrected chi connectivity index (χ2v) is 4.37. The zero-order valence-electron chi connectivity index (χ0n) is 11.1. The fourth-order valence-corrected chi connectivity index (χ4v) is 1.50. The first-order valence-electron chi connectivity index (χ1n) is 5.87. The van der Waals surface area contributed by atoms with Crippen molar-refractivity contribution >= 4 is 11.6 Å². The molecule has 0 saturated carbocycles. The van der Waals surface area contributed by atoms with Crippen LogP contribution in [0, 0.1) is 16.0 Å². The number of hydrogen-bond donors (Lipinski definition) is 1. The van der Waals surface area contributed by atoms with E-state index in [0.717, 1.165) is 0 Å². The average Bonchev–Trinajstić information content (AvgIpc) is 2.42. The second-order valence-electron chi connectivity index (χ2n) is 4.37. The number of nitrogens with one attached hydrogen (secondary N) is 1. The average molecular weight is 278 g/mol. The fourth-order valence-electron chi connectivity index (χ4n) is 1.50. The van der Waals surface area contributed by atoms with Crippen LogP contribution in [0.25, 0.3) is 10.4 Å². The molecule has 1 amide bonds. The van der Waals surface area contributed by atoms with Crippen LogP contribution in [0.4, 0.5) is 5.69 Å². The molecule has 0 fully saturated rings. The van der Waals surface area contributed by atoms with Gasteiger partial charge in [0.05, 0.1) is 17.2 Å². The predicted octanol–water partition coefficient (Wildman–Crippen LogP) is 1.94. The number of hydrogen-bond acceptors (Lipinski definition) is 5. The maximum absolute atomic E-state index is 11.8. The number of rotatable bonds is 6. The lowest BCUT2D eigenvalue weighted by Gasteiger charge is -2.14. The number of amides is 1. The van der Waals surface area contributed by atoms with Crippen molar-refractivity contribution in [3.05, 3.63) is 44.6 Å². The third kappa shape index (κ3) is 4.21. The molecule has 0 spiro atoms. The van der Waals surface area contributed by atoms with Crippen molar-refractivity contribution in [3.8, 4) is 0 Å². The van der Waals surface area contributed by atoms with E-state index in [1.54, 1.807) is 13.8 Å². The maximum atomic E-state index is 11.8. The van der Waals surface area contributed by atoms with Crippen LogP contribution >= 0.6 is 0 Å². The molecule has 1 aromatic heterocycles. The van der Waals surface area contributed by atoms with Crippen LogP contribution in [0.15, 0.2) is 23.4 Å². The lowest BCUT2D eigenvalue weighted by atomic mass is 10.0. The summed E-state index contributed by atoms with van der Waals surface area (Å²) < 4.78 is 0. The summed E-state index contributed by atoms with van der Waals surface area (Å²) in [7, 11) is 0. The first-order valence-corrected chi connectivity index (χ1v) is 5.87. The summed E-state index contributed by atoms with van der Waals surface area (Å²) in [6.07, 6.45) is 1.30. The zero-order valence-corrected chi connectivity index (χ0v) is 11.1. The Morgan fingerprint density at radius 2 is 2.35 bits per heavy atom. The summed E-state index contributed by atoms with van der Waals surface area (Å²) >= 11 is 0. The van der Waals surface area contributed by atoms with Gasteiger partial charge in [0.15, 0.2) is 0 Å². The molecule has 1 rings (SSSR count). The molecule has 1 heterocycles. The van der Waals surface area contributed by atoms with Crippen LogP contribution in [-0.2, 0) is 11.3 Å². The summed E-state index contributed by atoms with van der Waals surface area (Å²) in [5.41, 5.74) is 8.67. The van der Waals surface area contributed by atoms with Crippen molar-refractivity contribution in [2.75, 3.05) is 0 Å². The number of carbonyl (C=O) groups excluding carboxylic acids is 1. The van der Waals surface area contributed by atoms with E-state index in [9.17, 15) is 14.9 Å². The van der Waals surface area contributed by atoms with Gasteiger partial charge in [-0.25, -0.2) is 0 Å². The summed E-state index contributed by atoms with van der Waals surface area (Å²) in [5, 5.41) is 16.6. The van der Waals surface area contributed by atoms with Crippen LogP contribution in [0.1, 0.15) is 19.5 Å². The minimum Gasteiger partial charge on any atom is -0.350 e. The van der Waals surface area contributed by atoms with Gasteiger partial charge in [0.1, 0.15) is 6.04 Å². The lowest BCUT2D eigenvalue weighted by molar-refractivity contribution is -0.385. The Balaban J connectivity index is 2.71. The van der Waals surface area contributed by atoms with Gasteiger partial charge < -0.3 is 5.32 Å². The molecule has 106 valence electrons. The smallest absolute Gasteiger partial charge is 0.272 e. The number of nitro groups is 1. The van der Waals surface area contributed by atoms with E-state index in [2.05, 4.69) is 20.3 Å². The maximum Gasteiger partial charge on any atom is 0.272 e. The van der Waals surface area contributed by atoms with E-state index in [1.807, 2.05) is 0 Å². The van der Waals surface area contributed by atoms with Gasteiger partial charge in [-0.05, 0) is 11.4 Å². The van der Waals surface area contributed by atoms with Gasteiger partial charge in [0.25, 0.3) is 5.69 Å². The predicted molar refractivity (Wildman–Crippen MR) is 70.5 cm³/mol. The molecule has 0 aromatic carbocycles. The minimum atomic E-state index is -0.821. The van der Waals surface area contributed by atoms with E-state index < -0.39 is 16.9 Å². The fraction of sp³-hybridized carbons (Fsp3) is 0.455. The molecule has 0 saturated heterocycles. The van der Waals surface area contributed by atoms with E-state index >= 15 is 0 Å². The van der Waals surface area contributed by atoms with Crippen molar-refractivity contribution in [2.24, 2.45) is 11.0 Å². The van der Waals surface area contributed by atoms with Crippen molar-refractivity contribution < 1.29 is 9.72 Å². The SMILES string of the molecule is CC(C)[C@@H](N=[N+]=[N-])C(=O)NCc1cc([N+](=O)[O-])ccn1. The largest absolute Gasteiger partial charge is 0.350 e. The van der Waals surface area contributed by atoms with Crippen molar-refractivity contribution in [2.45, 2.75) is 26.4 Å². The molecule has 1 atom stereocenters. The third-order valence-corrected chi connectivity index (χ3v) is 2.53. The molecular formula is C11H14N6O3. The Morgan fingerprint density at radius 1 is 1.65 bits per heavy atom. The molecule has 0 aliphatic heterocycles. The molecule has 0 unspecified atom stereocenters. The monoisotopic (exact) mass is 278 g/mol. The molecule has 20 heavy (non-hydrogen) atoms. The van der Waals surface area contributed by atoms with Crippen LogP contribution < -0.4 is 5.32 Å². The third-order valence-electron chi connectivity index (χ3n) is 2.53. The zero-order chi connectivity index (χ0) is 15.1. The summed E-state index contributed by atoms with van der Waals surface area (Å²) in [5.74, 6) is -0.588. The van der Waals surface area contributed by atoms with Gasteiger partial charge in [-0.3, -0.25) is 19.9 Å². The summed E-state index contributed by atoms with van der Waals surface area (Å²) in [6, 6.07) is 1.72. The van der Waals surface area contributed by atoms with Gasteiger partial charge >= 0.3 is 0 Å². The molecule has 0 bridgehead atoms. The molecule has 1 N–H and O–H groups in total. The van der Waals surface area contributed by atoms with E-state index in [4.69, 9.17) is 5.53 Å². The van der Waals surface area contributed by atoms with Gasteiger partial charge in [-0.2, -0.15) is 0 Å². The Bertz CT molecular complexity index is 553. The normalized spacial score (nSPS) is 11.6. The Hall–Kier alpha value is -2.67. The lowest BCUT2D eigenvalue weighted by Crippen LogP contribution is -2.36. The van der Waals surface area contributed by atoms with Crippen LogP contribution in [0.2, 0.25) is 0 Å². The van der Waals surface area contributed by atoms with Gasteiger partial charge in [-0.15, -0.1) is 0 Å². The van der Waals surface area contributed by atoms with Crippen molar-refractivity contribution in [1.29, 1.82) is 0 Å². The number of aromatic nitrogens is 1. The van der Waals surface area contributed by atoms with Crippen LogP contribution in [-0.4, -0.2) is 21.9 Å². The van der Waals surface area contributed by atoms with Crippen molar-refractivity contribution in [1.82, 2.24) is 10.3 Å². The second kappa shape index (κ2) is 7.05. The first kappa shape index (κ1) is 15.4. The standard InChI is InChI=1S/C11H14N6O3/c1-7(2)10(15-16-12)11(18)14-6-8-5-9(17(19)20)3-4-13-8/h3-5,7,10H,6H2,1-2H3,(H,14,18)/t10-/m1/s1. The molecule has 0 aliphatic carbocycles. The number of carbonyl (C=O) groups is 1. The molecule has 0 radical (unpaired) electrons. The number of nitrogens with zero attached hydrogens (tertiary/aromatic N) is 5. The Morgan fingerprint density at radius 3 is 2.90 bits per heavy atom. The van der Waals surface area contributed by atoms with E-state index in [-0.39, 0.29) is 18.2 Å². The molecular weight excluding hydrogens is 264 g/mol. The van der Waals surface area contributed by atoms with E-state index in [1.165, 1.54) is 18.3 Å². The highest BCUT2D eigenvalue weighted by atomic mass is 16.6. The molecule has 0 aliphatic rings. The van der Waals surface area contributed by atoms with Crippen molar-refractivity contribution in [3.63, 3.8) is 0 Å². The quantitative estimate of drug-likeness (QED) is 0.279. The van der Waals surface area contributed by atoms with Crippen LogP contribution in [0.3, 0.4) is 0 Å². The van der Waals surface area contributed by atoms with E-state index in [0.29, 0.717) is 5.69 Å². The molecule has 9 heteroatoms. The number of pyridine rings is 1. The van der Waals surface area contributed by atoms with Gasteiger partial charge in [0, 0.05) is 23.2 Å². The summed E-state index contributed by atoms with van der Waals surface area (Å²) in [6.45, 7) is 3.54. The minimum absolute atomic E-state index is 0.0324. The van der Waals surface area contributed by atoms with Gasteiger partial charge in [0.2, 0.25) is 5.91 Å². The topological polar surface area (TPSA) is 134 Å². The number of azide groups is 1. The summed E-state index contributed by atoms with van der Waals surface area (Å²) in [4.78, 5) is 28.5.